The van der Waals surface area contributed by atoms with E-state index < -0.39 is 0 Å². The number of rotatable bonds is 6. The van der Waals surface area contributed by atoms with E-state index in [1.165, 1.54) is 0 Å². The molecule has 26 heavy (non-hydrogen) atoms. The Bertz CT molecular complexity index is 892. The van der Waals surface area contributed by atoms with Gasteiger partial charge in [0.2, 0.25) is 0 Å². The topological polar surface area (TPSA) is 17.1 Å². The van der Waals surface area contributed by atoms with Gasteiger partial charge in [-0.25, -0.2) is 0 Å². The van der Waals surface area contributed by atoms with Crippen LogP contribution in [0.15, 0.2) is 77.7 Å². The van der Waals surface area contributed by atoms with Crippen molar-refractivity contribution in [3.63, 3.8) is 0 Å². The minimum absolute atomic E-state index is 0.0408. The Morgan fingerprint density at radius 1 is 0.923 bits per heavy atom. The fourth-order valence-electron chi connectivity index (χ4n) is 2.65. The van der Waals surface area contributed by atoms with Crippen LogP contribution in [0.2, 0.25) is 10.0 Å². The average molecular weight is 401 g/mol. The number of carbonyl (C=O) groups excluding carboxylic acids is 1. The zero-order chi connectivity index (χ0) is 18.5. The number of carbonyl (C=O) groups is 1. The van der Waals surface area contributed by atoms with Gasteiger partial charge >= 0.3 is 0 Å². The highest BCUT2D eigenvalue weighted by Gasteiger charge is 2.20. The predicted molar refractivity (Wildman–Crippen MR) is 112 cm³/mol. The molecule has 0 spiro atoms. The highest BCUT2D eigenvalue weighted by Crippen LogP contribution is 2.43. The van der Waals surface area contributed by atoms with E-state index in [1.54, 1.807) is 17.8 Å². The van der Waals surface area contributed by atoms with Crippen molar-refractivity contribution in [3.8, 4) is 0 Å². The van der Waals surface area contributed by atoms with E-state index >= 15 is 0 Å². The molecule has 0 N–H and O–H groups in total. The van der Waals surface area contributed by atoms with Crippen LogP contribution < -0.4 is 0 Å². The van der Waals surface area contributed by atoms with Gasteiger partial charge in [0.05, 0.1) is 10.0 Å². The van der Waals surface area contributed by atoms with Crippen LogP contribution in [0, 0.1) is 6.92 Å². The summed E-state index contributed by atoms with van der Waals surface area (Å²) in [6, 6.07) is 23.3. The van der Waals surface area contributed by atoms with E-state index in [-0.39, 0.29) is 11.0 Å². The summed E-state index contributed by atoms with van der Waals surface area (Å²) < 4.78 is 0. The number of aryl methyl sites for hydroxylation is 1. The molecule has 0 aromatic heterocycles. The molecule has 3 aromatic rings. The Morgan fingerprint density at radius 3 is 2.31 bits per heavy atom. The standard InChI is InChI=1S/C22H18Cl2OS/c1-15-10-12-16(13-11-15)19(25)14-21(17-6-3-2-4-7-17)26-20-9-5-8-18(23)22(20)24/h2-13,21H,14H2,1H3/t21-/m0/s1. The third-order valence-corrected chi connectivity index (χ3v) is 6.35. The molecule has 1 atom stereocenters. The third kappa shape index (κ3) is 4.70. The summed E-state index contributed by atoms with van der Waals surface area (Å²) in [6.07, 6.45) is 0.389. The van der Waals surface area contributed by atoms with Crippen LogP contribution in [0.25, 0.3) is 0 Å². The first kappa shape index (κ1) is 19.0. The SMILES string of the molecule is Cc1ccc(C(=O)C[C@H](Sc2cccc(Cl)c2Cl)c2ccccc2)cc1. The maximum absolute atomic E-state index is 12.8. The number of Topliss-reactive ketones (excluding diaryl/α,β-unsaturated/α-hetero) is 1. The second-order valence-electron chi connectivity index (χ2n) is 6.06. The second-order valence-corrected chi connectivity index (χ2v) is 8.09. The fraction of sp³-hybridized carbons (Fsp3) is 0.136. The molecule has 0 saturated carbocycles. The molecule has 0 aliphatic heterocycles. The molecule has 1 nitrogen and oxygen atoms in total. The van der Waals surface area contributed by atoms with Crippen LogP contribution in [-0.2, 0) is 0 Å². The number of thioether (sulfide) groups is 1. The van der Waals surface area contributed by atoms with Crippen molar-refractivity contribution in [3.05, 3.63) is 99.5 Å². The highest BCUT2D eigenvalue weighted by molar-refractivity contribution is 7.99. The fourth-order valence-corrected chi connectivity index (χ4v) is 4.34. The van der Waals surface area contributed by atoms with E-state index in [1.807, 2.05) is 73.7 Å². The molecule has 0 unspecified atom stereocenters. The van der Waals surface area contributed by atoms with Crippen molar-refractivity contribution in [1.82, 2.24) is 0 Å². The van der Waals surface area contributed by atoms with Crippen molar-refractivity contribution in [2.45, 2.75) is 23.5 Å². The monoisotopic (exact) mass is 400 g/mol. The second kappa shape index (κ2) is 8.77. The van der Waals surface area contributed by atoms with Crippen LogP contribution in [0.1, 0.15) is 33.2 Å². The Labute approximate surface area is 168 Å². The molecule has 0 heterocycles. The van der Waals surface area contributed by atoms with E-state index in [0.717, 1.165) is 21.6 Å². The summed E-state index contributed by atoms with van der Waals surface area (Å²) in [4.78, 5) is 13.7. The first-order valence-electron chi connectivity index (χ1n) is 8.30. The Kier molecular flexibility index (Phi) is 6.42. The lowest BCUT2D eigenvalue weighted by Gasteiger charge is -2.18. The molecule has 0 saturated heterocycles. The quantitative estimate of drug-likeness (QED) is 0.316. The van der Waals surface area contributed by atoms with Gasteiger partial charge in [0, 0.05) is 22.1 Å². The van der Waals surface area contributed by atoms with Gasteiger partial charge < -0.3 is 0 Å². The minimum Gasteiger partial charge on any atom is -0.294 e. The maximum atomic E-state index is 12.8. The summed E-state index contributed by atoms with van der Waals surface area (Å²) in [5.41, 5.74) is 2.96. The number of halogens is 2. The lowest BCUT2D eigenvalue weighted by molar-refractivity contribution is 0.0982. The van der Waals surface area contributed by atoms with Gasteiger partial charge in [-0.15, -0.1) is 11.8 Å². The summed E-state index contributed by atoms with van der Waals surface area (Å²) in [5.74, 6) is 0.115. The molecule has 4 heteroatoms. The molecule has 0 aliphatic rings. The van der Waals surface area contributed by atoms with Gasteiger partial charge in [0.25, 0.3) is 0 Å². The molecule has 0 fully saturated rings. The Balaban J connectivity index is 1.87. The minimum atomic E-state index is -0.0408. The maximum Gasteiger partial charge on any atom is 0.164 e. The Hall–Kier alpha value is -1.74. The van der Waals surface area contributed by atoms with E-state index in [4.69, 9.17) is 23.2 Å². The molecule has 0 bridgehead atoms. The lowest BCUT2D eigenvalue weighted by Crippen LogP contribution is -2.05. The number of hydrogen-bond acceptors (Lipinski definition) is 2. The average Bonchev–Trinajstić information content (AvgIpc) is 2.66. The molecule has 0 aliphatic carbocycles. The zero-order valence-electron chi connectivity index (χ0n) is 14.3. The van der Waals surface area contributed by atoms with Crippen molar-refractivity contribution < 1.29 is 4.79 Å². The van der Waals surface area contributed by atoms with Crippen molar-refractivity contribution in [2.24, 2.45) is 0 Å². The van der Waals surface area contributed by atoms with E-state index in [9.17, 15) is 4.79 Å². The van der Waals surface area contributed by atoms with Crippen molar-refractivity contribution in [2.75, 3.05) is 0 Å². The van der Waals surface area contributed by atoms with Crippen LogP contribution in [-0.4, -0.2) is 5.78 Å². The third-order valence-electron chi connectivity index (χ3n) is 4.10. The lowest BCUT2D eigenvalue weighted by atomic mass is 10.0. The van der Waals surface area contributed by atoms with Gasteiger partial charge in [-0.05, 0) is 24.6 Å². The smallest absolute Gasteiger partial charge is 0.164 e. The van der Waals surface area contributed by atoms with Crippen LogP contribution in [0.4, 0.5) is 0 Å². The summed E-state index contributed by atoms with van der Waals surface area (Å²) in [5, 5.41) is 1.01. The van der Waals surface area contributed by atoms with Crippen LogP contribution in [0.3, 0.4) is 0 Å². The number of ketones is 1. The zero-order valence-corrected chi connectivity index (χ0v) is 16.6. The number of hydrogen-bond donors (Lipinski definition) is 0. The normalized spacial score (nSPS) is 12.0. The van der Waals surface area contributed by atoms with Gasteiger partial charge in [-0.3, -0.25) is 4.79 Å². The van der Waals surface area contributed by atoms with Crippen molar-refractivity contribution >= 4 is 40.7 Å². The first-order valence-corrected chi connectivity index (χ1v) is 9.93. The first-order chi connectivity index (χ1) is 12.5. The summed E-state index contributed by atoms with van der Waals surface area (Å²) in [7, 11) is 0. The van der Waals surface area contributed by atoms with Crippen LogP contribution in [0.5, 0.6) is 0 Å². The largest absolute Gasteiger partial charge is 0.294 e. The van der Waals surface area contributed by atoms with E-state index in [0.29, 0.717) is 16.5 Å². The molecule has 0 amide bonds. The molecule has 3 aromatic carbocycles. The molecular weight excluding hydrogens is 383 g/mol. The molecular formula is C22H18Cl2OS. The summed E-state index contributed by atoms with van der Waals surface area (Å²) in [6.45, 7) is 2.01. The highest BCUT2D eigenvalue weighted by atomic mass is 35.5. The van der Waals surface area contributed by atoms with E-state index in [2.05, 4.69) is 0 Å². The van der Waals surface area contributed by atoms with Gasteiger partial charge in [0.1, 0.15) is 0 Å². The summed E-state index contributed by atoms with van der Waals surface area (Å²) >= 11 is 14.1. The molecule has 132 valence electrons. The Morgan fingerprint density at radius 2 is 1.62 bits per heavy atom. The van der Waals surface area contributed by atoms with Crippen LogP contribution >= 0.6 is 35.0 Å². The molecule has 3 rings (SSSR count). The number of benzene rings is 3. The molecule has 0 radical (unpaired) electrons. The van der Waals surface area contributed by atoms with Gasteiger partial charge in [-0.2, -0.15) is 0 Å². The predicted octanol–water partition coefficient (Wildman–Crippen LogP) is 7.41. The van der Waals surface area contributed by atoms with Gasteiger partial charge in [-0.1, -0.05) is 89.4 Å². The van der Waals surface area contributed by atoms with Crippen molar-refractivity contribution in [1.29, 1.82) is 0 Å². The van der Waals surface area contributed by atoms with Gasteiger partial charge in [0.15, 0.2) is 5.78 Å².